The molecule has 7 heteroatoms. The van der Waals surface area contributed by atoms with E-state index >= 15 is 0 Å². The van der Waals surface area contributed by atoms with Gasteiger partial charge in [0.25, 0.3) is 0 Å². The molecule has 0 saturated heterocycles. The fraction of sp³-hybridized carbons (Fsp3) is 0.286. The average Bonchev–Trinajstić information content (AvgIpc) is 2.83. The monoisotopic (exact) mass is 374 g/mol. The summed E-state index contributed by atoms with van der Waals surface area (Å²) in [6.07, 6.45) is 2.64. The minimum absolute atomic E-state index is 0.157. The van der Waals surface area contributed by atoms with Crippen molar-refractivity contribution in [1.29, 1.82) is 0 Å². The molecular formula is C14H13BrF2N2OS. The molecule has 1 unspecified atom stereocenters. The molecule has 0 saturated carbocycles. The first-order valence-electron chi connectivity index (χ1n) is 6.32. The van der Waals surface area contributed by atoms with Crippen LogP contribution in [-0.2, 0) is 11.2 Å². The normalized spacial score (nSPS) is 12.2. The molecule has 0 aliphatic carbocycles. The number of benzene rings is 1. The molecule has 21 heavy (non-hydrogen) atoms. The van der Waals surface area contributed by atoms with Gasteiger partial charge in [0, 0.05) is 23.6 Å². The molecule has 1 aromatic heterocycles. The largest absolute Gasteiger partial charge is 0.301 e. The number of aromatic nitrogens is 1. The van der Waals surface area contributed by atoms with Gasteiger partial charge in [0.15, 0.2) is 5.13 Å². The minimum atomic E-state index is -0.604. The number of thiazole rings is 1. The molecule has 1 N–H and O–H groups in total. The molecule has 0 bridgehead atoms. The van der Waals surface area contributed by atoms with Gasteiger partial charge in [-0.2, -0.15) is 0 Å². The van der Waals surface area contributed by atoms with Crippen LogP contribution >= 0.6 is 27.3 Å². The third-order valence-corrected chi connectivity index (χ3v) is 4.70. The Morgan fingerprint density at radius 3 is 2.67 bits per heavy atom. The van der Waals surface area contributed by atoms with E-state index in [1.807, 2.05) is 6.92 Å². The molecule has 1 aromatic carbocycles. The van der Waals surface area contributed by atoms with Crippen molar-refractivity contribution >= 4 is 38.3 Å². The SMILES string of the molecule is CCC(Br)C(=O)Nc1ncc(Cc2cc(F)cc(F)c2)s1. The Hall–Kier alpha value is -1.34. The van der Waals surface area contributed by atoms with Gasteiger partial charge >= 0.3 is 0 Å². The van der Waals surface area contributed by atoms with Gasteiger partial charge in [-0.15, -0.1) is 11.3 Å². The number of rotatable bonds is 5. The van der Waals surface area contributed by atoms with E-state index in [0.717, 1.165) is 10.9 Å². The van der Waals surface area contributed by atoms with E-state index in [0.29, 0.717) is 23.5 Å². The number of anilines is 1. The van der Waals surface area contributed by atoms with Crippen LogP contribution in [0.3, 0.4) is 0 Å². The summed E-state index contributed by atoms with van der Waals surface area (Å²) < 4.78 is 26.2. The zero-order valence-electron chi connectivity index (χ0n) is 11.2. The van der Waals surface area contributed by atoms with E-state index in [4.69, 9.17) is 0 Å². The van der Waals surface area contributed by atoms with Gasteiger partial charge in [-0.1, -0.05) is 22.9 Å². The molecule has 0 fully saturated rings. The second-order valence-corrected chi connectivity index (χ2v) is 6.67. The topological polar surface area (TPSA) is 42.0 Å². The predicted molar refractivity (Wildman–Crippen MR) is 82.9 cm³/mol. The van der Waals surface area contributed by atoms with Crippen LogP contribution in [0.5, 0.6) is 0 Å². The van der Waals surface area contributed by atoms with E-state index in [1.165, 1.54) is 23.5 Å². The fourth-order valence-electron chi connectivity index (χ4n) is 1.73. The zero-order chi connectivity index (χ0) is 15.4. The zero-order valence-corrected chi connectivity index (χ0v) is 13.6. The van der Waals surface area contributed by atoms with Crippen molar-refractivity contribution in [2.24, 2.45) is 0 Å². The summed E-state index contributed by atoms with van der Waals surface area (Å²) in [5, 5.41) is 3.17. The molecule has 3 nitrogen and oxygen atoms in total. The molecule has 1 amide bonds. The van der Waals surface area contributed by atoms with Gasteiger partial charge in [0.05, 0.1) is 4.83 Å². The number of carbonyl (C=O) groups is 1. The molecule has 0 radical (unpaired) electrons. The summed E-state index contributed by atoms with van der Waals surface area (Å²) in [7, 11) is 0. The van der Waals surface area contributed by atoms with Crippen LogP contribution in [0.25, 0.3) is 0 Å². The van der Waals surface area contributed by atoms with Crippen molar-refractivity contribution in [3.8, 4) is 0 Å². The van der Waals surface area contributed by atoms with E-state index in [-0.39, 0.29) is 10.7 Å². The Morgan fingerprint density at radius 1 is 1.38 bits per heavy atom. The van der Waals surface area contributed by atoms with Gasteiger partial charge in [0.2, 0.25) is 5.91 Å². The van der Waals surface area contributed by atoms with Gasteiger partial charge in [0.1, 0.15) is 11.6 Å². The maximum Gasteiger partial charge on any atom is 0.239 e. The number of nitrogens with zero attached hydrogens (tertiary/aromatic N) is 1. The number of nitrogens with one attached hydrogen (secondary N) is 1. The molecule has 2 aromatic rings. The standard InChI is InChI=1S/C14H13BrF2N2OS/c1-2-12(15)13(20)19-14-18-7-11(21-14)5-8-3-9(16)6-10(17)4-8/h3-4,6-7,12H,2,5H2,1H3,(H,18,19,20). The molecular weight excluding hydrogens is 362 g/mol. The van der Waals surface area contributed by atoms with Crippen molar-refractivity contribution in [1.82, 2.24) is 4.98 Å². The second kappa shape index (κ2) is 7.09. The highest BCUT2D eigenvalue weighted by atomic mass is 79.9. The molecule has 0 aliphatic heterocycles. The minimum Gasteiger partial charge on any atom is -0.301 e. The summed E-state index contributed by atoms with van der Waals surface area (Å²) >= 11 is 4.54. The molecule has 1 atom stereocenters. The van der Waals surface area contributed by atoms with Crippen LogP contribution in [-0.4, -0.2) is 15.7 Å². The Kier molecular flexibility index (Phi) is 5.41. The molecule has 2 rings (SSSR count). The lowest BCUT2D eigenvalue weighted by Gasteiger charge is -2.05. The van der Waals surface area contributed by atoms with Gasteiger partial charge in [-0.05, 0) is 24.1 Å². The third kappa shape index (κ3) is 4.57. The first kappa shape index (κ1) is 16.0. The maximum atomic E-state index is 13.1. The molecule has 1 heterocycles. The number of amides is 1. The number of alkyl halides is 1. The maximum absolute atomic E-state index is 13.1. The Labute approximate surface area is 133 Å². The lowest BCUT2D eigenvalue weighted by Crippen LogP contribution is -2.21. The van der Waals surface area contributed by atoms with Crippen LogP contribution < -0.4 is 5.32 Å². The number of hydrogen-bond acceptors (Lipinski definition) is 3. The van der Waals surface area contributed by atoms with Gasteiger partial charge < -0.3 is 5.32 Å². The first-order chi connectivity index (χ1) is 9.97. The van der Waals surface area contributed by atoms with Crippen molar-refractivity contribution < 1.29 is 13.6 Å². The summed E-state index contributed by atoms with van der Waals surface area (Å²) in [6, 6.07) is 3.40. The van der Waals surface area contributed by atoms with Gasteiger partial charge in [-0.25, -0.2) is 13.8 Å². The summed E-state index contributed by atoms with van der Waals surface area (Å²) in [5.41, 5.74) is 0.529. The van der Waals surface area contributed by atoms with Crippen molar-refractivity contribution in [3.05, 3.63) is 46.5 Å². The second-order valence-electron chi connectivity index (χ2n) is 4.45. The Bertz CT molecular complexity index is 627. The fourth-order valence-corrected chi connectivity index (χ4v) is 2.69. The lowest BCUT2D eigenvalue weighted by molar-refractivity contribution is -0.115. The first-order valence-corrected chi connectivity index (χ1v) is 8.05. The van der Waals surface area contributed by atoms with Crippen molar-refractivity contribution in [2.75, 3.05) is 5.32 Å². The molecule has 112 valence electrons. The third-order valence-electron chi connectivity index (χ3n) is 2.73. The number of hydrogen-bond donors (Lipinski definition) is 1. The van der Waals surface area contributed by atoms with Crippen LogP contribution in [0.15, 0.2) is 24.4 Å². The Morgan fingerprint density at radius 2 is 2.05 bits per heavy atom. The van der Waals surface area contributed by atoms with Crippen LogP contribution in [0, 0.1) is 11.6 Å². The van der Waals surface area contributed by atoms with E-state index in [1.54, 1.807) is 6.20 Å². The van der Waals surface area contributed by atoms with Gasteiger partial charge in [-0.3, -0.25) is 4.79 Å². The van der Waals surface area contributed by atoms with E-state index in [9.17, 15) is 13.6 Å². The quantitative estimate of drug-likeness (QED) is 0.799. The van der Waals surface area contributed by atoms with E-state index in [2.05, 4.69) is 26.2 Å². The van der Waals surface area contributed by atoms with Crippen molar-refractivity contribution in [2.45, 2.75) is 24.6 Å². The highest BCUT2D eigenvalue weighted by Gasteiger charge is 2.14. The smallest absolute Gasteiger partial charge is 0.239 e. The number of halogens is 3. The molecule has 0 spiro atoms. The predicted octanol–water partition coefficient (Wildman–Crippen LogP) is 4.12. The van der Waals surface area contributed by atoms with Crippen LogP contribution in [0.1, 0.15) is 23.8 Å². The average molecular weight is 375 g/mol. The van der Waals surface area contributed by atoms with Crippen molar-refractivity contribution in [3.63, 3.8) is 0 Å². The Balaban J connectivity index is 2.04. The van der Waals surface area contributed by atoms with E-state index < -0.39 is 11.6 Å². The summed E-state index contributed by atoms with van der Waals surface area (Å²) in [5.74, 6) is -1.36. The molecule has 0 aliphatic rings. The highest BCUT2D eigenvalue weighted by Crippen LogP contribution is 2.22. The van der Waals surface area contributed by atoms with Crippen LogP contribution in [0.2, 0.25) is 0 Å². The highest BCUT2D eigenvalue weighted by molar-refractivity contribution is 9.10. The number of carbonyl (C=O) groups excluding carboxylic acids is 1. The lowest BCUT2D eigenvalue weighted by atomic mass is 10.1. The summed E-state index contributed by atoms with van der Waals surface area (Å²) in [6.45, 7) is 1.89. The summed E-state index contributed by atoms with van der Waals surface area (Å²) in [4.78, 5) is 16.4. The van der Waals surface area contributed by atoms with Crippen LogP contribution in [0.4, 0.5) is 13.9 Å².